The van der Waals surface area contributed by atoms with E-state index in [1.54, 1.807) is 42.5 Å². The first kappa shape index (κ1) is 20.5. The van der Waals surface area contributed by atoms with Gasteiger partial charge in [-0.15, -0.1) is 0 Å². The topological polar surface area (TPSA) is 81.0 Å². The summed E-state index contributed by atoms with van der Waals surface area (Å²) in [6.45, 7) is 0.271. The van der Waals surface area contributed by atoms with Gasteiger partial charge >= 0.3 is 0 Å². The average Bonchev–Trinajstić information content (AvgIpc) is 3.47. The SMILES string of the molecule is COc1ccc(N2CC(C(=O)NC(c3ccccc3)c3ccco3)CC2=O)c(OC)c1. The first-order chi connectivity index (χ1) is 15.1. The molecule has 1 fully saturated rings. The minimum atomic E-state index is -0.486. The van der Waals surface area contributed by atoms with Crippen LogP contribution in [0.1, 0.15) is 23.8 Å². The van der Waals surface area contributed by atoms with Crippen molar-refractivity contribution in [3.05, 3.63) is 78.3 Å². The second-order valence-corrected chi connectivity index (χ2v) is 7.31. The zero-order valence-electron chi connectivity index (χ0n) is 17.4. The number of rotatable bonds is 7. The van der Waals surface area contributed by atoms with Crippen molar-refractivity contribution in [1.82, 2.24) is 5.32 Å². The van der Waals surface area contributed by atoms with Gasteiger partial charge in [0.1, 0.15) is 23.3 Å². The number of nitrogens with one attached hydrogen (secondary N) is 1. The maximum atomic E-state index is 13.1. The van der Waals surface area contributed by atoms with Crippen LogP contribution in [-0.4, -0.2) is 32.6 Å². The number of hydrogen-bond acceptors (Lipinski definition) is 5. The molecule has 0 bridgehead atoms. The molecule has 7 nitrogen and oxygen atoms in total. The van der Waals surface area contributed by atoms with Crippen LogP contribution in [0.4, 0.5) is 5.69 Å². The van der Waals surface area contributed by atoms with Crippen LogP contribution in [0, 0.1) is 5.92 Å². The Morgan fingerprint density at radius 2 is 1.90 bits per heavy atom. The summed E-state index contributed by atoms with van der Waals surface area (Å²) in [4.78, 5) is 27.4. The molecule has 2 unspecified atom stereocenters. The van der Waals surface area contributed by atoms with E-state index in [1.807, 2.05) is 36.4 Å². The van der Waals surface area contributed by atoms with E-state index < -0.39 is 12.0 Å². The van der Waals surface area contributed by atoms with E-state index in [4.69, 9.17) is 13.9 Å². The first-order valence-electron chi connectivity index (χ1n) is 10.0. The molecule has 160 valence electrons. The molecule has 31 heavy (non-hydrogen) atoms. The molecule has 0 aliphatic carbocycles. The van der Waals surface area contributed by atoms with Gasteiger partial charge in [-0.2, -0.15) is 0 Å². The van der Waals surface area contributed by atoms with Gasteiger partial charge in [-0.1, -0.05) is 30.3 Å². The van der Waals surface area contributed by atoms with Crippen LogP contribution in [0.2, 0.25) is 0 Å². The number of amides is 2. The third-order valence-electron chi connectivity index (χ3n) is 5.42. The summed E-state index contributed by atoms with van der Waals surface area (Å²) in [7, 11) is 3.11. The molecule has 2 heterocycles. The van der Waals surface area contributed by atoms with E-state index in [0.29, 0.717) is 22.9 Å². The van der Waals surface area contributed by atoms with E-state index in [9.17, 15) is 9.59 Å². The zero-order chi connectivity index (χ0) is 21.8. The standard InChI is InChI=1S/C24H24N2O5/c1-29-18-10-11-19(21(14-18)30-2)26-15-17(13-22(26)27)24(28)25-23(20-9-6-12-31-20)16-7-4-3-5-8-16/h3-12,14,17,23H,13,15H2,1-2H3,(H,25,28). The Morgan fingerprint density at radius 1 is 1.10 bits per heavy atom. The monoisotopic (exact) mass is 420 g/mol. The third-order valence-corrected chi connectivity index (χ3v) is 5.42. The largest absolute Gasteiger partial charge is 0.497 e. The van der Waals surface area contributed by atoms with Crippen LogP contribution in [0.15, 0.2) is 71.3 Å². The fraction of sp³-hybridized carbons (Fsp3) is 0.250. The van der Waals surface area contributed by atoms with Crippen molar-refractivity contribution >= 4 is 17.5 Å². The molecule has 2 amide bonds. The quantitative estimate of drug-likeness (QED) is 0.632. The van der Waals surface area contributed by atoms with Crippen molar-refractivity contribution in [3.8, 4) is 11.5 Å². The fourth-order valence-electron chi connectivity index (χ4n) is 3.80. The van der Waals surface area contributed by atoms with Gasteiger partial charge in [0.2, 0.25) is 11.8 Å². The highest BCUT2D eigenvalue weighted by Gasteiger charge is 2.37. The Morgan fingerprint density at radius 3 is 2.58 bits per heavy atom. The van der Waals surface area contributed by atoms with Gasteiger partial charge in [0.25, 0.3) is 0 Å². The van der Waals surface area contributed by atoms with E-state index >= 15 is 0 Å². The van der Waals surface area contributed by atoms with Gasteiger partial charge in [-0.25, -0.2) is 0 Å². The maximum Gasteiger partial charge on any atom is 0.227 e. The molecule has 0 saturated carbocycles. The van der Waals surface area contributed by atoms with Crippen LogP contribution < -0.4 is 19.7 Å². The number of hydrogen-bond donors (Lipinski definition) is 1. The lowest BCUT2D eigenvalue weighted by atomic mass is 10.0. The first-order valence-corrected chi connectivity index (χ1v) is 10.0. The molecule has 1 aliphatic heterocycles. The Labute approximate surface area is 180 Å². The van der Waals surface area contributed by atoms with Crippen LogP contribution in [-0.2, 0) is 9.59 Å². The summed E-state index contributed by atoms with van der Waals surface area (Å²) >= 11 is 0. The zero-order valence-corrected chi connectivity index (χ0v) is 17.4. The average molecular weight is 420 g/mol. The highest BCUT2D eigenvalue weighted by atomic mass is 16.5. The molecule has 1 aliphatic rings. The van der Waals surface area contributed by atoms with Crippen molar-refractivity contribution in [2.75, 3.05) is 25.7 Å². The Kier molecular flexibility index (Phi) is 5.93. The minimum Gasteiger partial charge on any atom is -0.497 e. The Hall–Kier alpha value is -3.74. The molecule has 2 atom stereocenters. The van der Waals surface area contributed by atoms with E-state index in [1.165, 1.54) is 7.11 Å². The number of anilines is 1. The highest BCUT2D eigenvalue weighted by Crippen LogP contribution is 2.36. The van der Waals surface area contributed by atoms with Gasteiger partial charge in [0.05, 0.1) is 32.1 Å². The number of benzene rings is 2. The summed E-state index contributed by atoms with van der Waals surface area (Å²) < 4.78 is 16.2. The van der Waals surface area contributed by atoms with Gasteiger partial charge in [0, 0.05) is 19.0 Å². The van der Waals surface area contributed by atoms with E-state index in [2.05, 4.69) is 5.32 Å². The summed E-state index contributed by atoms with van der Waals surface area (Å²) in [5.74, 6) is 0.974. The lowest BCUT2D eigenvalue weighted by molar-refractivity contribution is -0.126. The van der Waals surface area contributed by atoms with Crippen LogP contribution in [0.25, 0.3) is 0 Å². The summed E-state index contributed by atoms with van der Waals surface area (Å²) in [6, 6.07) is 18.0. The lowest BCUT2D eigenvalue weighted by Crippen LogP contribution is -2.36. The molecule has 3 aromatic rings. The van der Waals surface area contributed by atoms with Gasteiger partial charge < -0.3 is 24.1 Å². The molecule has 1 N–H and O–H groups in total. The van der Waals surface area contributed by atoms with Crippen LogP contribution >= 0.6 is 0 Å². The maximum absolute atomic E-state index is 13.1. The molecule has 7 heteroatoms. The van der Waals surface area contributed by atoms with Crippen molar-refractivity contribution in [3.63, 3.8) is 0 Å². The Bertz CT molecular complexity index is 1050. The molecule has 1 saturated heterocycles. The van der Waals surface area contributed by atoms with Crippen molar-refractivity contribution in [1.29, 1.82) is 0 Å². The second-order valence-electron chi connectivity index (χ2n) is 7.31. The van der Waals surface area contributed by atoms with Crippen LogP contribution in [0.5, 0.6) is 11.5 Å². The number of methoxy groups -OCH3 is 2. The summed E-state index contributed by atoms with van der Waals surface area (Å²) in [5.41, 5.74) is 1.53. The molecule has 2 aromatic carbocycles. The van der Waals surface area contributed by atoms with Crippen molar-refractivity contribution < 1.29 is 23.5 Å². The summed E-state index contributed by atoms with van der Waals surface area (Å²) in [6.07, 6.45) is 1.70. The number of furan rings is 1. The fourth-order valence-corrected chi connectivity index (χ4v) is 3.80. The smallest absolute Gasteiger partial charge is 0.227 e. The predicted octanol–water partition coefficient (Wildman–Crippen LogP) is 3.56. The van der Waals surface area contributed by atoms with Crippen LogP contribution in [0.3, 0.4) is 0 Å². The number of ether oxygens (including phenoxy) is 2. The third kappa shape index (κ3) is 4.26. The van der Waals surface area contributed by atoms with E-state index in [0.717, 1.165) is 5.56 Å². The predicted molar refractivity (Wildman–Crippen MR) is 115 cm³/mol. The molecule has 0 radical (unpaired) electrons. The van der Waals surface area contributed by atoms with E-state index in [-0.39, 0.29) is 24.8 Å². The molecule has 0 spiro atoms. The van der Waals surface area contributed by atoms with Gasteiger partial charge in [-0.05, 0) is 29.8 Å². The molecule has 4 rings (SSSR count). The van der Waals surface area contributed by atoms with Gasteiger partial charge in [0.15, 0.2) is 0 Å². The number of nitrogens with zero attached hydrogens (tertiary/aromatic N) is 1. The molecule has 1 aromatic heterocycles. The molecular weight excluding hydrogens is 396 g/mol. The number of carbonyl (C=O) groups is 2. The minimum absolute atomic E-state index is 0.126. The number of carbonyl (C=O) groups excluding carboxylic acids is 2. The normalized spacial score (nSPS) is 16.8. The lowest BCUT2D eigenvalue weighted by Gasteiger charge is -2.21. The highest BCUT2D eigenvalue weighted by molar-refractivity contribution is 6.01. The summed E-state index contributed by atoms with van der Waals surface area (Å²) in [5, 5.41) is 3.05. The van der Waals surface area contributed by atoms with Gasteiger partial charge in [-0.3, -0.25) is 9.59 Å². The van der Waals surface area contributed by atoms with Crippen molar-refractivity contribution in [2.24, 2.45) is 5.92 Å². The molecular formula is C24H24N2O5. The second kappa shape index (κ2) is 8.95. The Balaban J connectivity index is 1.53. The van der Waals surface area contributed by atoms with Crippen molar-refractivity contribution in [2.45, 2.75) is 12.5 Å².